The normalized spacial score (nSPS) is 11.4. The van der Waals surface area contributed by atoms with Crippen LogP contribution in [-0.4, -0.2) is 22.5 Å². The van der Waals surface area contributed by atoms with Gasteiger partial charge in [0.25, 0.3) is 5.91 Å². The van der Waals surface area contributed by atoms with Crippen molar-refractivity contribution in [2.24, 2.45) is 0 Å². The Balaban J connectivity index is 1.68. The number of carbonyl (C=O) groups excluding carboxylic acids is 1. The highest BCUT2D eigenvalue weighted by molar-refractivity contribution is 9.11. The Morgan fingerprint density at radius 2 is 1.96 bits per heavy atom. The summed E-state index contributed by atoms with van der Waals surface area (Å²) >= 11 is 6.47. The van der Waals surface area contributed by atoms with Gasteiger partial charge in [-0.1, -0.05) is 18.2 Å². The minimum atomic E-state index is -0.433. The predicted octanol–water partition coefficient (Wildman–Crippen LogP) is 4.66. The van der Waals surface area contributed by atoms with Crippen molar-refractivity contribution in [1.29, 1.82) is 5.26 Å². The molecule has 1 heterocycles. The molecule has 2 aromatic carbocycles. The number of aromatic amines is 1. The SMILES string of the molecule is N#C/C(=C/c1cc(Br)c(O)c(Br)c1)C(=O)NCCc1c[nH]c2ccccc12. The lowest BCUT2D eigenvalue weighted by atomic mass is 10.1. The Morgan fingerprint density at radius 3 is 2.67 bits per heavy atom. The lowest BCUT2D eigenvalue weighted by molar-refractivity contribution is -0.117. The number of nitriles is 1. The number of rotatable bonds is 5. The highest BCUT2D eigenvalue weighted by Gasteiger charge is 2.11. The number of benzene rings is 2. The fourth-order valence-electron chi connectivity index (χ4n) is 2.73. The fourth-order valence-corrected chi connectivity index (χ4v) is 3.95. The number of phenols is 1. The van der Waals surface area contributed by atoms with Crippen LogP contribution in [-0.2, 0) is 11.2 Å². The predicted molar refractivity (Wildman–Crippen MR) is 112 cm³/mol. The van der Waals surface area contributed by atoms with Gasteiger partial charge in [-0.05, 0) is 73.7 Å². The maximum Gasteiger partial charge on any atom is 0.261 e. The van der Waals surface area contributed by atoms with E-state index in [1.165, 1.54) is 6.08 Å². The number of nitrogens with one attached hydrogen (secondary N) is 2. The maximum absolute atomic E-state index is 12.3. The number of aromatic nitrogens is 1. The lowest BCUT2D eigenvalue weighted by Gasteiger charge is -2.05. The van der Waals surface area contributed by atoms with Gasteiger partial charge in [-0.2, -0.15) is 5.26 Å². The smallest absolute Gasteiger partial charge is 0.261 e. The molecule has 0 radical (unpaired) electrons. The Labute approximate surface area is 173 Å². The molecule has 0 spiro atoms. The molecule has 0 bridgehead atoms. The topological polar surface area (TPSA) is 88.9 Å². The molecule has 1 amide bonds. The monoisotopic (exact) mass is 487 g/mol. The van der Waals surface area contributed by atoms with Crippen molar-refractivity contribution in [2.45, 2.75) is 6.42 Å². The Bertz CT molecular complexity index is 1060. The summed E-state index contributed by atoms with van der Waals surface area (Å²) in [4.78, 5) is 15.5. The Kier molecular flexibility index (Phi) is 5.99. The minimum Gasteiger partial charge on any atom is -0.506 e. The molecule has 136 valence electrons. The first-order valence-corrected chi connectivity index (χ1v) is 9.71. The summed E-state index contributed by atoms with van der Waals surface area (Å²) in [6.07, 6.45) is 4.07. The van der Waals surface area contributed by atoms with Gasteiger partial charge in [-0.25, -0.2) is 0 Å². The highest BCUT2D eigenvalue weighted by Crippen LogP contribution is 2.33. The third-order valence-electron chi connectivity index (χ3n) is 4.07. The maximum atomic E-state index is 12.3. The van der Waals surface area contributed by atoms with Crippen LogP contribution in [0.15, 0.2) is 57.1 Å². The standard InChI is InChI=1S/C20H15Br2N3O2/c21-16-8-12(9-17(22)19(16)26)7-14(10-23)20(27)24-6-5-13-11-25-18-4-2-1-3-15(13)18/h1-4,7-9,11,25-26H,5-6H2,(H,24,27)/b14-7-. The average Bonchev–Trinajstić information content (AvgIpc) is 3.07. The van der Waals surface area contributed by atoms with E-state index in [9.17, 15) is 15.2 Å². The van der Waals surface area contributed by atoms with Crippen LogP contribution in [0, 0.1) is 11.3 Å². The third kappa shape index (κ3) is 4.41. The molecule has 0 aliphatic rings. The van der Waals surface area contributed by atoms with E-state index in [1.54, 1.807) is 12.1 Å². The Hall–Kier alpha value is -2.56. The van der Waals surface area contributed by atoms with Crippen LogP contribution in [0.5, 0.6) is 5.75 Å². The molecule has 1 aromatic heterocycles. The molecule has 0 saturated heterocycles. The van der Waals surface area contributed by atoms with Crippen LogP contribution in [0.1, 0.15) is 11.1 Å². The fraction of sp³-hybridized carbons (Fsp3) is 0.100. The molecule has 3 rings (SSSR count). The number of para-hydroxylation sites is 1. The molecular weight excluding hydrogens is 474 g/mol. The molecule has 3 N–H and O–H groups in total. The van der Waals surface area contributed by atoms with Crippen LogP contribution in [0.4, 0.5) is 0 Å². The highest BCUT2D eigenvalue weighted by atomic mass is 79.9. The van der Waals surface area contributed by atoms with E-state index in [4.69, 9.17) is 0 Å². The average molecular weight is 489 g/mol. The second-order valence-corrected chi connectivity index (χ2v) is 7.58. The van der Waals surface area contributed by atoms with Crippen LogP contribution >= 0.6 is 31.9 Å². The zero-order valence-corrected chi connectivity index (χ0v) is 17.3. The second kappa shape index (κ2) is 8.42. The summed E-state index contributed by atoms with van der Waals surface area (Å²) in [5, 5.41) is 23.0. The first-order chi connectivity index (χ1) is 13.0. The van der Waals surface area contributed by atoms with Gasteiger partial charge >= 0.3 is 0 Å². The summed E-state index contributed by atoms with van der Waals surface area (Å²) in [5.74, 6) is -0.369. The number of halogens is 2. The van der Waals surface area contributed by atoms with Crippen molar-refractivity contribution in [3.05, 3.63) is 68.2 Å². The number of nitrogens with zero attached hydrogens (tertiary/aromatic N) is 1. The third-order valence-corrected chi connectivity index (χ3v) is 5.28. The molecule has 27 heavy (non-hydrogen) atoms. The van der Waals surface area contributed by atoms with Gasteiger partial charge in [0.05, 0.1) is 8.95 Å². The van der Waals surface area contributed by atoms with Crippen molar-refractivity contribution >= 4 is 54.7 Å². The Morgan fingerprint density at radius 1 is 1.26 bits per heavy atom. The molecule has 0 atom stereocenters. The molecule has 3 aromatic rings. The van der Waals surface area contributed by atoms with Crippen molar-refractivity contribution in [3.8, 4) is 11.8 Å². The van der Waals surface area contributed by atoms with Crippen molar-refractivity contribution in [2.75, 3.05) is 6.54 Å². The zero-order chi connectivity index (χ0) is 19.4. The lowest BCUT2D eigenvalue weighted by Crippen LogP contribution is -2.26. The number of hydrogen-bond donors (Lipinski definition) is 3. The van der Waals surface area contributed by atoms with Gasteiger partial charge < -0.3 is 15.4 Å². The molecule has 0 fully saturated rings. The van der Waals surface area contributed by atoms with E-state index in [0.29, 0.717) is 27.5 Å². The summed E-state index contributed by atoms with van der Waals surface area (Å²) in [7, 11) is 0. The van der Waals surface area contributed by atoms with E-state index in [2.05, 4.69) is 42.2 Å². The quantitative estimate of drug-likeness (QED) is 0.360. The zero-order valence-electron chi connectivity index (χ0n) is 14.1. The van der Waals surface area contributed by atoms with Gasteiger partial charge in [0, 0.05) is 23.6 Å². The minimum absolute atomic E-state index is 0.00147. The molecule has 0 unspecified atom stereocenters. The summed E-state index contributed by atoms with van der Waals surface area (Å²) in [6, 6.07) is 13.2. The molecule has 5 nitrogen and oxygen atoms in total. The van der Waals surface area contributed by atoms with E-state index < -0.39 is 5.91 Å². The molecular formula is C20H15Br2N3O2. The van der Waals surface area contributed by atoms with Crippen LogP contribution in [0.25, 0.3) is 17.0 Å². The first kappa shape index (κ1) is 19.2. The number of amides is 1. The number of H-pyrrole nitrogens is 1. The first-order valence-electron chi connectivity index (χ1n) is 8.12. The van der Waals surface area contributed by atoms with Gasteiger partial charge in [0.2, 0.25) is 0 Å². The molecule has 0 aliphatic heterocycles. The van der Waals surface area contributed by atoms with E-state index in [-0.39, 0.29) is 11.3 Å². The second-order valence-electron chi connectivity index (χ2n) is 5.87. The van der Waals surface area contributed by atoms with Gasteiger partial charge in [0.15, 0.2) is 0 Å². The number of carbonyl (C=O) groups is 1. The molecule has 0 aliphatic carbocycles. The van der Waals surface area contributed by atoms with Crippen molar-refractivity contribution in [3.63, 3.8) is 0 Å². The van der Waals surface area contributed by atoms with Crippen LogP contribution < -0.4 is 5.32 Å². The van der Waals surface area contributed by atoms with Crippen molar-refractivity contribution in [1.82, 2.24) is 10.3 Å². The van der Waals surface area contributed by atoms with Crippen molar-refractivity contribution < 1.29 is 9.90 Å². The van der Waals surface area contributed by atoms with Crippen LogP contribution in [0.3, 0.4) is 0 Å². The van der Waals surface area contributed by atoms with E-state index in [1.807, 2.05) is 36.5 Å². The van der Waals surface area contributed by atoms with Gasteiger partial charge in [-0.15, -0.1) is 0 Å². The molecule has 7 heteroatoms. The van der Waals surface area contributed by atoms with Gasteiger partial charge in [-0.3, -0.25) is 4.79 Å². The van der Waals surface area contributed by atoms with E-state index in [0.717, 1.165) is 16.5 Å². The number of hydrogen-bond acceptors (Lipinski definition) is 3. The number of phenolic OH excluding ortho intramolecular Hbond substituents is 1. The number of aromatic hydroxyl groups is 1. The van der Waals surface area contributed by atoms with E-state index >= 15 is 0 Å². The summed E-state index contributed by atoms with van der Waals surface area (Å²) in [6.45, 7) is 0.419. The summed E-state index contributed by atoms with van der Waals surface area (Å²) in [5.41, 5.74) is 2.79. The van der Waals surface area contributed by atoms with Crippen LogP contribution in [0.2, 0.25) is 0 Å². The molecule has 0 saturated carbocycles. The number of fused-ring (bicyclic) bond motifs is 1. The summed E-state index contributed by atoms with van der Waals surface area (Å²) < 4.78 is 0.945. The van der Waals surface area contributed by atoms with Gasteiger partial charge in [0.1, 0.15) is 17.4 Å². The largest absolute Gasteiger partial charge is 0.506 e.